The van der Waals surface area contributed by atoms with E-state index in [2.05, 4.69) is 5.32 Å². The van der Waals surface area contributed by atoms with E-state index in [-0.39, 0.29) is 6.61 Å². The molecule has 0 amide bonds. The second-order valence-electron chi connectivity index (χ2n) is 4.39. The van der Waals surface area contributed by atoms with E-state index in [4.69, 9.17) is 5.11 Å². The first-order chi connectivity index (χ1) is 6.77. The van der Waals surface area contributed by atoms with Crippen molar-refractivity contribution in [1.82, 2.24) is 5.32 Å². The van der Waals surface area contributed by atoms with E-state index in [1.54, 1.807) is 0 Å². The molecule has 0 spiro atoms. The Bertz CT molecular complexity index is 144. The van der Waals surface area contributed by atoms with Gasteiger partial charge < -0.3 is 15.5 Å². The Labute approximate surface area is 86.5 Å². The van der Waals surface area contributed by atoms with Gasteiger partial charge >= 0.3 is 0 Å². The molecule has 3 nitrogen and oxygen atoms in total. The quantitative estimate of drug-likeness (QED) is 0.563. The predicted molar refractivity (Wildman–Crippen MR) is 57.2 cm³/mol. The maximum absolute atomic E-state index is 10.1. The first-order valence-corrected chi connectivity index (χ1v) is 5.81. The van der Waals surface area contributed by atoms with Crippen LogP contribution in [0.4, 0.5) is 0 Å². The fourth-order valence-corrected chi connectivity index (χ4v) is 2.07. The van der Waals surface area contributed by atoms with E-state index >= 15 is 0 Å². The van der Waals surface area contributed by atoms with Gasteiger partial charge in [0.25, 0.3) is 0 Å². The molecular weight excluding hydrogens is 178 g/mol. The van der Waals surface area contributed by atoms with Gasteiger partial charge in [-0.25, -0.2) is 0 Å². The smallest absolute Gasteiger partial charge is 0.0771 e. The molecule has 3 heteroatoms. The minimum atomic E-state index is -0.447. The van der Waals surface area contributed by atoms with Gasteiger partial charge in [-0.15, -0.1) is 0 Å². The van der Waals surface area contributed by atoms with Crippen LogP contribution < -0.4 is 5.32 Å². The van der Waals surface area contributed by atoms with Gasteiger partial charge in [0.15, 0.2) is 0 Å². The lowest BCUT2D eigenvalue weighted by atomic mass is 9.85. The van der Waals surface area contributed by atoms with Crippen LogP contribution >= 0.6 is 0 Å². The van der Waals surface area contributed by atoms with Gasteiger partial charge in [-0.05, 0) is 32.2 Å². The second kappa shape index (κ2) is 6.38. The molecule has 1 aliphatic rings. The van der Waals surface area contributed by atoms with Gasteiger partial charge in [0, 0.05) is 13.2 Å². The van der Waals surface area contributed by atoms with Crippen molar-refractivity contribution in [2.24, 2.45) is 0 Å². The van der Waals surface area contributed by atoms with Crippen molar-refractivity contribution in [2.75, 3.05) is 19.7 Å². The van der Waals surface area contributed by atoms with E-state index in [9.17, 15) is 5.11 Å². The van der Waals surface area contributed by atoms with Crippen LogP contribution in [0.5, 0.6) is 0 Å². The Morgan fingerprint density at radius 3 is 2.43 bits per heavy atom. The molecule has 1 saturated carbocycles. The molecule has 0 aromatic carbocycles. The van der Waals surface area contributed by atoms with Crippen LogP contribution in [0.15, 0.2) is 0 Å². The van der Waals surface area contributed by atoms with Crippen molar-refractivity contribution >= 4 is 0 Å². The molecule has 0 aliphatic heterocycles. The van der Waals surface area contributed by atoms with Crippen molar-refractivity contribution in [1.29, 1.82) is 0 Å². The Morgan fingerprint density at radius 2 is 1.79 bits per heavy atom. The minimum Gasteiger partial charge on any atom is -0.396 e. The maximum atomic E-state index is 10.1. The average molecular weight is 201 g/mol. The van der Waals surface area contributed by atoms with E-state index in [0.717, 1.165) is 51.6 Å². The van der Waals surface area contributed by atoms with Crippen LogP contribution in [0.25, 0.3) is 0 Å². The first-order valence-electron chi connectivity index (χ1n) is 5.81. The third-order valence-corrected chi connectivity index (χ3v) is 3.00. The molecule has 3 N–H and O–H groups in total. The largest absolute Gasteiger partial charge is 0.396 e. The fourth-order valence-electron chi connectivity index (χ4n) is 2.07. The highest BCUT2D eigenvalue weighted by atomic mass is 16.3. The van der Waals surface area contributed by atoms with Crippen molar-refractivity contribution in [3.05, 3.63) is 0 Å². The second-order valence-corrected chi connectivity index (χ2v) is 4.39. The minimum absolute atomic E-state index is 0.270. The molecule has 0 heterocycles. The molecule has 0 bridgehead atoms. The molecule has 1 aliphatic carbocycles. The van der Waals surface area contributed by atoms with Crippen LogP contribution in [0.3, 0.4) is 0 Å². The summed E-state index contributed by atoms with van der Waals surface area (Å²) in [6, 6.07) is 0. The van der Waals surface area contributed by atoms with Crippen molar-refractivity contribution in [2.45, 2.75) is 50.5 Å². The van der Waals surface area contributed by atoms with Crippen LogP contribution in [-0.4, -0.2) is 35.5 Å². The third kappa shape index (κ3) is 4.40. The zero-order chi connectivity index (χ0) is 10.3. The maximum Gasteiger partial charge on any atom is 0.0771 e. The molecule has 1 fully saturated rings. The average Bonchev–Trinajstić information content (AvgIpc) is 2.18. The van der Waals surface area contributed by atoms with Gasteiger partial charge in [0.2, 0.25) is 0 Å². The summed E-state index contributed by atoms with van der Waals surface area (Å²) < 4.78 is 0. The Morgan fingerprint density at radius 1 is 1.07 bits per heavy atom. The topological polar surface area (TPSA) is 52.5 Å². The summed E-state index contributed by atoms with van der Waals surface area (Å²) in [7, 11) is 0. The molecule has 0 unspecified atom stereocenters. The van der Waals surface area contributed by atoms with Crippen molar-refractivity contribution in [3.8, 4) is 0 Å². The standard InChI is InChI=1S/C11H23NO2/c13-9-5-4-8-12-10-11(14)6-2-1-3-7-11/h12-14H,1-10H2. The summed E-state index contributed by atoms with van der Waals surface area (Å²) in [5.41, 5.74) is -0.447. The lowest BCUT2D eigenvalue weighted by Crippen LogP contribution is -2.42. The number of nitrogens with one attached hydrogen (secondary N) is 1. The highest BCUT2D eigenvalue weighted by molar-refractivity contribution is 4.84. The number of hydrogen-bond acceptors (Lipinski definition) is 3. The van der Waals surface area contributed by atoms with Crippen molar-refractivity contribution < 1.29 is 10.2 Å². The first kappa shape index (κ1) is 12.0. The summed E-state index contributed by atoms with van der Waals surface area (Å²) in [6.07, 6.45) is 7.33. The van der Waals surface area contributed by atoms with Gasteiger partial charge in [-0.3, -0.25) is 0 Å². The number of hydrogen-bond donors (Lipinski definition) is 3. The summed E-state index contributed by atoms with van der Waals surface area (Å²) >= 11 is 0. The molecule has 84 valence electrons. The Kier molecular flexibility index (Phi) is 5.45. The molecule has 14 heavy (non-hydrogen) atoms. The summed E-state index contributed by atoms with van der Waals surface area (Å²) in [4.78, 5) is 0. The summed E-state index contributed by atoms with van der Waals surface area (Å²) in [6.45, 7) is 1.90. The fraction of sp³-hybridized carbons (Fsp3) is 1.00. The molecule has 0 saturated heterocycles. The van der Waals surface area contributed by atoms with Gasteiger partial charge in [-0.1, -0.05) is 19.3 Å². The molecule has 0 aromatic rings. The zero-order valence-corrected chi connectivity index (χ0v) is 8.97. The number of aliphatic hydroxyl groups excluding tert-OH is 1. The molecule has 0 aromatic heterocycles. The molecule has 1 rings (SSSR count). The van der Waals surface area contributed by atoms with E-state index in [1.807, 2.05) is 0 Å². The molecular formula is C11H23NO2. The van der Waals surface area contributed by atoms with Crippen LogP contribution in [0.2, 0.25) is 0 Å². The van der Waals surface area contributed by atoms with Crippen molar-refractivity contribution in [3.63, 3.8) is 0 Å². The number of unbranched alkanes of at least 4 members (excludes halogenated alkanes) is 1. The van der Waals surface area contributed by atoms with Gasteiger partial charge in [0.1, 0.15) is 0 Å². The Balaban J connectivity index is 2.03. The zero-order valence-electron chi connectivity index (χ0n) is 8.97. The summed E-state index contributed by atoms with van der Waals surface area (Å²) in [5, 5.41) is 22.0. The van der Waals surface area contributed by atoms with Crippen LogP contribution in [0, 0.1) is 0 Å². The van der Waals surface area contributed by atoms with Gasteiger partial charge in [-0.2, -0.15) is 0 Å². The molecule has 0 radical (unpaired) electrons. The predicted octanol–water partition coefficient (Wildman–Crippen LogP) is 1.04. The highest BCUT2D eigenvalue weighted by Crippen LogP contribution is 2.27. The molecule has 0 atom stereocenters. The number of rotatable bonds is 6. The number of aliphatic hydroxyl groups is 2. The van der Waals surface area contributed by atoms with Crippen LogP contribution in [0.1, 0.15) is 44.9 Å². The lowest BCUT2D eigenvalue weighted by molar-refractivity contribution is 0.00500. The lowest BCUT2D eigenvalue weighted by Gasteiger charge is -2.32. The summed E-state index contributed by atoms with van der Waals surface area (Å²) in [5.74, 6) is 0. The Hall–Kier alpha value is -0.120. The van der Waals surface area contributed by atoms with E-state index < -0.39 is 5.60 Å². The monoisotopic (exact) mass is 201 g/mol. The van der Waals surface area contributed by atoms with Gasteiger partial charge in [0.05, 0.1) is 5.60 Å². The van der Waals surface area contributed by atoms with E-state index in [0.29, 0.717) is 0 Å². The third-order valence-electron chi connectivity index (χ3n) is 3.00. The normalized spacial score (nSPS) is 21.0. The SMILES string of the molecule is OCCCCNCC1(O)CCCCC1. The van der Waals surface area contributed by atoms with Crippen LogP contribution in [-0.2, 0) is 0 Å². The van der Waals surface area contributed by atoms with E-state index in [1.165, 1.54) is 6.42 Å². The highest BCUT2D eigenvalue weighted by Gasteiger charge is 2.28.